The van der Waals surface area contributed by atoms with Crippen LogP contribution in [0, 0.1) is 6.92 Å². The number of nitrogens with one attached hydrogen (secondary N) is 1. The first-order valence-electron chi connectivity index (χ1n) is 8.85. The number of carbonyl (C=O) groups is 1. The number of aryl methyl sites for hydroxylation is 1. The monoisotopic (exact) mass is 353 g/mol. The first kappa shape index (κ1) is 16.9. The average molecular weight is 353 g/mol. The first-order valence-corrected chi connectivity index (χ1v) is 8.85. The average Bonchev–Trinajstić information content (AvgIpc) is 2.72. The van der Waals surface area contributed by atoms with E-state index in [1.165, 1.54) is 0 Å². The van der Waals surface area contributed by atoms with Crippen LogP contribution in [0.4, 0.5) is 0 Å². The van der Waals surface area contributed by atoms with E-state index in [9.17, 15) is 4.79 Å². The fourth-order valence-electron chi connectivity index (χ4n) is 3.05. The van der Waals surface area contributed by atoms with Gasteiger partial charge >= 0.3 is 0 Å². The van der Waals surface area contributed by atoms with Gasteiger partial charge in [0.15, 0.2) is 0 Å². The van der Waals surface area contributed by atoms with Crippen molar-refractivity contribution in [1.82, 2.24) is 15.3 Å². The van der Waals surface area contributed by atoms with Crippen molar-refractivity contribution >= 4 is 16.8 Å². The lowest BCUT2D eigenvalue weighted by atomic mass is 10.0. The molecule has 0 unspecified atom stereocenters. The minimum atomic E-state index is -0.117. The van der Waals surface area contributed by atoms with Crippen molar-refractivity contribution in [3.8, 4) is 11.4 Å². The first-order chi connectivity index (χ1) is 13.2. The van der Waals surface area contributed by atoms with Gasteiger partial charge in [-0.05, 0) is 42.8 Å². The smallest absolute Gasteiger partial charge is 0.252 e. The molecule has 0 aliphatic heterocycles. The van der Waals surface area contributed by atoms with Crippen molar-refractivity contribution in [3.63, 3.8) is 0 Å². The van der Waals surface area contributed by atoms with E-state index < -0.39 is 0 Å². The molecule has 4 aromatic rings. The SMILES string of the molecule is Cc1ccc2nc(-c3ccccn3)cc(C(=O)NCc3ccccc3)c2c1. The van der Waals surface area contributed by atoms with Crippen molar-refractivity contribution in [1.29, 1.82) is 0 Å². The van der Waals surface area contributed by atoms with E-state index in [2.05, 4.69) is 10.3 Å². The number of benzene rings is 2. The Labute approximate surface area is 157 Å². The molecule has 4 nitrogen and oxygen atoms in total. The summed E-state index contributed by atoms with van der Waals surface area (Å²) in [7, 11) is 0. The molecule has 132 valence electrons. The molecule has 2 heterocycles. The molecule has 0 spiro atoms. The van der Waals surface area contributed by atoms with E-state index in [0.29, 0.717) is 17.8 Å². The molecule has 0 bridgehead atoms. The maximum atomic E-state index is 13.0. The molecule has 0 aliphatic carbocycles. The lowest BCUT2D eigenvalue weighted by Gasteiger charge is -2.11. The van der Waals surface area contributed by atoms with Crippen LogP contribution in [-0.2, 0) is 6.54 Å². The largest absolute Gasteiger partial charge is 0.348 e. The van der Waals surface area contributed by atoms with Gasteiger partial charge in [-0.1, -0.05) is 48.0 Å². The predicted octanol–water partition coefficient (Wildman–Crippen LogP) is 4.54. The molecule has 4 rings (SSSR count). The van der Waals surface area contributed by atoms with E-state index in [0.717, 1.165) is 27.7 Å². The Balaban J connectivity index is 1.75. The van der Waals surface area contributed by atoms with Gasteiger partial charge in [-0.25, -0.2) is 4.98 Å². The zero-order valence-electron chi connectivity index (χ0n) is 15.0. The topological polar surface area (TPSA) is 54.9 Å². The summed E-state index contributed by atoms with van der Waals surface area (Å²) in [5.41, 5.74) is 4.99. The number of pyridine rings is 2. The number of amides is 1. The van der Waals surface area contributed by atoms with Crippen LogP contribution in [0.3, 0.4) is 0 Å². The Bertz CT molecular complexity index is 1090. The maximum Gasteiger partial charge on any atom is 0.252 e. The predicted molar refractivity (Wildman–Crippen MR) is 107 cm³/mol. The zero-order chi connectivity index (χ0) is 18.6. The van der Waals surface area contributed by atoms with Gasteiger partial charge in [0, 0.05) is 18.1 Å². The molecule has 0 saturated heterocycles. The van der Waals surface area contributed by atoms with Crippen molar-refractivity contribution in [3.05, 3.63) is 95.7 Å². The van der Waals surface area contributed by atoms with Crippen LogP contribution in [-0.4, -0.2) is 15.9 Å². The zero-order valence-corrected chi connectivity index (χ0v) is 15.0. The summed E-state index contributed by atoms with van der Waals surface area (Å²) in [6, 6.07) is 23.3. The molecule has 0 atom stereocenters. The second kappa shape index (κ2) is 7.38. The van der Waals surface area contributed by atoms with Gasteiger partial charge in [-0.2, -0.15) is 0 Å². The van der Waals surface area contributed by atoms with Crippen molar-refractivity contribution in [2.24, 2.45) is 0 Å². The van der Waals surface area contributed by atoms with Crippen LogP contribution < -0.4 is 5.32 Å². The fourth-order valence-corrected chi connectivity index (χ4v) is 3.05. The summed E-state index contributed by atoms with van der Waals surface area (Å²) in [5, 5.41) is 3.87. The second-order valence-corrected chi connectivity index (χ2v) is 6.46. The molecule has 0 fully saturated rings. The maximum absolute atomic E-state index is 13.0. The molecule has 27 heavy (non-hydrogen) atoms. The number of nitrogens with zero attached hydrogens (tertiary/aromatic N) is 2. The normalized spacial score (nSPS) is 10.7. The fraction of sp³-hybridized carbons (Fsp3) is 0.0870. The lowest BCUT2D eigenvalue weighted by molar-refractivity contribution is 0.0952. The Morgan fingerprint density at radius 3 is 2.52 bits per heavy atom. The number of hydrogen-bond donors (Lipinski definition) is 1. The van der Waals surface area contributed by atoms with Gasteiger partial charge in [-0.3, -0.25) is 9.78 Å². The van der Waals surface area contributed by atoms with Gasteiger partial charge in [0.2, 0.25) is 0 Å². The van der Waals surface area contributed by atoms with E-state index in [1.54, 1.807) is 6.20 Å². The third-order valence-electron chi connectivity index (χ3n) is 4.43. The van der Waals surface area contributed by atoms with Crippen molar-refractivity contribution in [2.45, 2.75) is 13.5 Å². The van der Waals surface area contributed by atoms with Crippen molar-refractivity contribution in [2.75, 3.05) is 0 Å². The molecular formula is C23H19N3O. The van der Waals surface area contributed by atoms with Gasteiger partial charge < -0.3 is 5.32 Å². The minimum Gasteiger partial charge on any atom is -0.348 e. The number of fused-ring (bicyclic) bond motifs is 1. The molecule has 2 aromatic heterocycles. The minimum absolute atomic E-state index is 0.117. The van der Waals surface area contributed by atoms with Crippen LogP contribution >= 0.6 is 0 Å². The lowest BCUT2D eigenvalue weighted by Crippen LogP contribution is -2.23. The summed E-state index contributed by atoms with van der Waals surface area (Å²) in [4.78, 5) is 22.0. The molecule has 0 aliphatic rings. The van der Waals surface area contributed by atoms with E-state index in [-0.39, 0.29) is 5.91 Å². The Hall–Kier alpha value is -3.53. The summed E-state index contributed by atoms with van der Waals surface area (Å²) >= 11 is 0. The Kier molecular flexibility index (Phi) is 4.62. The summed E-state index contributed by atoms with van der Waals surface area (Å²) in [6.45, 7) is 2.49. The van der Waals surface area contributed by atoms with Gasteiger partial charge in [0.25, 0.3) is 5.91 Å². The van der Waals surface area contributed by atoms with Crippen molar-refractivity contribution < 1.29 is 4.79 Å². The van der Waals surface area contributed by atoms with Crippen LogP contribution in [0.25, 0.3) is 22.3 Å². The van der Waals surface area contributed by atoms with Gasteiger partial charge in [0.05, 0.1) is 22.5 Å². The van der Waals surface area contributed by atoms with E-state index in [4.69, 9.17) is 4.98 Å². The molecule has 0 radical (unpaired) electrons. The van der Waals surface area contributed by atoms with Crippen LogP contribution in [0.1, 0.15) is 21.5 Å². The van der Waals surface area contributed by atoms with Gasteiger partial charge in [0.1, 0.15) is 0 Å². The Morgan fingerprint density at radius 1 is 0.926 bits per heavy atom. The molecule has 1 amide bonds. The number of carbonyl (C=O) groups excluding carboxylic acids is 1. The third kappa shape index (κ3) is 3.70. The summed E-state index contributed by atoms with van der Waals surface area (Å²) in [6.07, 6.45) is 1.73. The number of rotatable bonds is 4. The molecular weight excluding hydrogens is 334 g/mol. The third-order valence-corrected chi connectivity index (χ3v) is 4.43. The van der Waals surface area contributed by atoms with Crippen LogP contribution in [0.15, 0.2) is 79.0 Å². The second-order valence-electron chi connectivity index (χ2n) is 6.46. The molecule has 2 aromatic carbocycles. The van der Waals surface area contributed by atoms with Crippen LogP contribution in [0.2, 0.25) is 0 Å². The van der Waals surface area contributed by atoms with Crippen LogP contribution in [0.5, 0.6) is 0 Å². The highest BCUT2D eigenvalue weighted by molar-refractivity contribution is 6.07. The van der Waals surface area contributed by atoms with E-state index in [1.807, 2.05) is 79.7 Å². The molecule has 0 saturated carbocycles. The quantitative estimate of drug-likeness (QED) is 0.586. The number of aromatic nitrogens is 2. The summed E-state index contributed by atoms with van der Waals surface area (Å²) < 4.78 is 0. The van der Waals surface area contributed by atoms with Gasteiger partial charge in [-0.15, -0.1) is 0 Å². The standard InChI is InChI=1S/C23H19N3O/c1-16-10-11-20-18(13-16)19(14-22(26-20)21-9-5-6-12-24-21)23(27)25-15-17-7-3-2-4-8-17/h2-14H,15H2,1H3,(H,25,27). The molecule has 4 heteroatoms. The highest BCUT2D eigenvalue weighted by Gasteiger charge is 2.14. The highest BCUT2D eigenvalue weighted by atomic mass is 16.1. The van der Waals surface area contributed by atoms with E-state index >= 15 is 0 Å². The molecule has 1 N–H and O–H groups in total. The number of hydrogen-bond acceptors (Lipinski definition) is 3. The highest BCUT2D eigenvalue weighted by Crippen LogP contribution is 2.24. The Morgan fingerprint density at radius 2 is 1.74 bits per heavy atom. The summed E-state index contributed by atoms with van der Waals surface area (Å²) in [5.74, 6) is -0.117.